The maximum atomic E-state index is 11.5. The zero-order valence-electron chi connectivity index (χ0n) is 8.49. The van der Waals surface area contributed by atoms with Crippen LogP contribution in [0.1, 0.15) is 29.3 Å². The van der Waals surface area contributed by atoms with Crippen molar-refractivity contribution < 1.29 is 9.53 Å². The fourth-order valence-corrected chi connectivity index (χ4v) is 1.09. The van der Waals surface area contributed by atoms with Crippen LogP contribution in [0, 0.1) is 6.92 Å². The molecule has 76 valence electrons. The number of esters is 1. The Labute approximate surface area is 83.9 Å². The van der Waals surface area contributed by atoms with E-state index in [1.165, 1.54) is 0 Å². The predicted molar refractivity (Wildman–Crippen MR) is 54.9 cm³/mol. The first-order valence-electron chi connectivity index (χ1n) is 4.67. The number of hydrogen-bond donors (Lipinski definition) is 1. The molecule has 1 atom stereocenters. The van der Waals surface area contributed by atoms with Crippen LogP contribution in [0.4, 0.5) is 0 Å². The molecule has 0 fully saturated rings. The highest BCUT2D eigenvalue weighted by molar-refractivity contribution is 5.91. The van der Waals surface area contributed by atoms with Gasteiger partial charge in [0.1, 0.15) is 0 Å². The number of hydrogen-bond acceptors (Lipinski definition) is 3. The number of nitrogens with two attached hydrogens (primary N) is 1. The quantitative estimate of drug-likeness (QED) is 0.588. The van der Waals surface area contributed by atoms with Gasteiger partial charge in [0.15, 0.2) is 6.23 Å². The van der Waals surface area contributed by atoms with E-state index in [-0.39, 0.29) is 5.97 Å². The molecule has 0 bridgehead atoms. The summed E-state index contributed by atoms with van der Waals surface area (Å²) in [5.74, 6) is -0.350. The van der Waals surface area contributed by atoms with Crippen molar-refractivity contribution in [1.82, 2.24) is 0 Å². The lowest BCUT2D eigenvalue weighted by Gasteiger charge is -2.11. The molecule has 0 radical (unpaired) electrons. The van der Waals surface area contributed by atoms with Crippen LogP contribution in [0.5, 0.6) is 0 Å². The first-order valence-corrected chi connectivity index (χ1v) is 4.67. The van der Waals surface area contributed by atoms with Crippen molar-refractivity contribution in [3.05, 3.63) is 35.4 Å². The standard InChI is InChI=1S/C11H15NO2/c1-3-10(12)14-11(13)9-7-5-4-6-8(9)2/h4-7,10H,3,12H2,1-2H3. The van der Waals surface area contributed by atoms with E-state index in [1.807, 2.05) is 26.0 Å². The fourth-order valence-electron chi connectivity index (χ4n) is 1.09. The molecule has 3 nitrogen and oxygen atoms in total. The Morgan fingerprint density at radius 1 is 1.50 bits per heavy atom. The van der Waals surface area contributed by atoms with Gasteiger partial charge in [0.25, 0.3) is 0 Å². The molecule has 0 saturated heterocycles. The monoisotopic (exact) mass is 193 g/mol. The second kappa shape index (κ2) is 4.77. The molecule has 1 unspecified atom stereocenters. The van der Waals surface area contributed by atoms with Crippen molar-refractivity contribution >= 4 is 5.97 Å². The van der Waals surface area contributed by atoms with Crippen molar-refractivity contribution in [3.8, 4) is 0 Å². The SMILES string of the molecule is CCC(N)OC(=O)c1ccccc1C. The zero-order valence-corrected chi connectivity index (χ0v) is 8.49. The van der Waals surface area contributed by atoms with Crippen LogP contribution in [-0.4, -0.2) is 12.2 Å². The molecule has 2 N–H and O–H groups in total. The Morgan fingerprint density at radius 2 is 2.14 bits per heavy atom. The van der Waals surface area contributed by atoms with Gasteiger partial charge in [-0.05, 0) is 25.0 Å². The van der Waals surface area contributed by atoms with Crippen molar-refractivity contribution in [3.63, 3.8) is 0 Å². The molecule has 0 aliphatic rings. The van der Waals surface area contributed by atoms with Gasteiger partial charge in [0, 0.05) is 0 Å². The van der Waals surface area contributed by atoms with Gasteiger partial charge in [-0.3, -0.25) is 5.73 Å². The summed E-state index contributed by atoms with van der Waals surface area (Å²) < 4.78 is 5.01. The molecule has 0 amide bonds. The lowest BCUT2D eigenvalue weighted by molar-refractivity contribution is 0.0307. The van der Waals surface area contributed by atoms with Gasteiger partial charge in [-0.1, -0.05) is 25.1 Å². The molecule has 0 aromatic heterocycles. The number of aryl methyl sites for hydroxylation is 1. The molecule has 1 aromatic carbocycles. The summed E-state index contributed by atoms with van der Waals surface area (Å²) in [5, 5.41) is 0. The molecule has 0 spiro atoms. The summed E-state index contributed by atoms with van der Waals surface area (Å²) in [7, 11) is 0. The summed E-state index contributed by atoms with van der Waals surface area (Å²) in [6, 6.07) is 7.29. The second-order valence-electron chi connectivity index (χ2n) is 3.17. The van der Waals surface area contributed by atoms with Crippen LogP contribution >= 0.6 is 0 Å². The van der Waals surface area contributed by atoms with Gasteiger partial charge in [-0.25, -0.2) is 4.79 Å². The highest BCUT2D eigenvalue weighted by Crippen LogP contribution is 2.09. The van der Waals surface area contributed by atoms with Gasteiger partial charge in [0.2, 0.25) is 0 Å². The minimum atomic E-state index is -0.512. The molecule has 0 heterocycles. The van der Waals surface area contributed by atoms with Gasteiger partial charge in [-0.15, -0.1) is 0 Å². The maximum Gasteiger partial charge on any atom is 0.339 e. The number of ether oxygens (including phenoxy) is 1. The number of carbonyl (C=O) groups excluding carboxylic acids is 1. The van der Waals surface area contributed by atoms with E-state index in [4.69, 9.17) is 10.5 Å². The highest BCUT2D eigenvalue weighted by atomic mass is 16.6. The van der Waals surface area contributed by atoms with Crippen molar-refractivity contribution in [1.29, 1.82) is 0 Å². The zero-order chi connectivity index (χ0) is 10.6. The molecule has 0 saturated carbocycles. The third-order valence-electron chi connectivity index (χ3n) is 2.03. The van der Waals surface area contributed by atoms with Crippen LogP contribution in [0.3, 0.4) is 0 Å². The van der Waals surface area contributed by atoms with Crippen LogP contribution < -0.4 is 5.73 Å². The average molecular weight is 193 g/mol. The summed E-state index contributed by atoms with van der Waals surface area (Å²) in [4.78, 5) is 11.5. The van der Waals surface area contributed by atoms with E-state index in [2.05, 4.69) is 0 Å². The molecule has 0 aliphatic heterocycles. The van der Waals surface area contributed by atoms with E-state index in [0.29, 0.717) is 12.0 Å². The fraction of sp³-hybridized carbons (Fsp3) is 0.364. The summed E-state index contributed by atoms with van der Waals surface area (Å²) in [6.07, 6.45) is 0.111. The van der Waals surface area contributed by atoms with E-state index in [0.717, 1.165) is 5.56 Å². The second-order valence-corrected chi connectivity index (χ2v) is 3.17. The topological polar surface area (TPSA) is 52.3 Å². The van der Waals surface area contributed by atoms with Crippen LogP contribution in [0.15, 0.2) is 24.3 Å². The van der Waals surface area contributed by atoms with Crippen molar-refractivity contribution in [2.75, 3.05) is 0 Å². The largest absolute Gasteiger partial charge is 0.443 e. The number of carbonyl (C=O) groups is 1. The first kappa shape index (κ1) is 10.7. The van der Waals surface area contributed by atoms with E-state index in [1.54, 1.807) is 12.1 Å². The van der Waals surface area contributed by atoms with Crippen LogP contribution in [-0.2, 0) is 4.74 Å². The third-order valence-corrected chi connectivity index (χ3v) is 2.03. The Balaban J connectivity index is 2.75. The van der Waals surface area contributed by atoms with E-state index in [9.17, 15) is 4.79 Å². The molecule has 1 aromatic rings. The normalized spacial score (nSPS) is 12.2. The van der Waals surface area contributed by atoms with Gasteiger partial charge in [0.05, 0.1) is 5.56 Å². The minimum Gasteiger partial charge on any atom is -0.443 e. The molecular formula is C11H15NO2. The number of benzene rings is 1. The highest BCUT2D eigenvalue weighted by Gasteiger charge is 2.12. The van der Waals surface area contributed by atoms with E-state index < -0.39 is 6.23 Å². The van der Waals surface area contributed by atoms with Crippen LogP contribution in [0.2, 0.25) is 0 Å². The van der Waals surface area contributed by atoms with Crippen molar-refractivity contribution in [2.45, 2.75) is 26.5 Å². The van der Waals surface area contributed by atoms with Crippen LogP contribution in [0.25, 0.3) is 0 Å². The molecular weight excluding hydrogens is 178 g/mol. The van der Waals surface area contributed by atoms with Gasteiger partial charge < -0.3 is 4.74 Å². The average Bonchev–Trinajstić information content (AvgIpc) is 2.18. The summed E-state index contributed by atoms with van der Waals surface area (Å²) in [5.41, 5.74) is 7.00. The minimum absolute atomic E-state index is 0.350. The van der Waals surface area contributed by atoms with E-state index >= 15 is 0 Å². The summed E-state index contributed by atoms with van der Waals surface area (Å²) in [6.45, 7) is 3.74. The number of rotatable bonds is 3. The summed E-state index contributed by atoms with van der Waals surface area (Å²) >= 11 is 0. The molecule has 3 heteroatoms. The Kier molecular flexibility index (Phi) is 3.65. The lowest BCUT2D eigenvalue weighted by atomic mass is 10.1. The van der Waals surface area contributed by atoms with Gasteiger partial charge in [-0.2, -0.15) is 0 Å². The van der Waals surface area contributed by atoms with Crippen molar-refractivity contribution in [2.24, 2.45) is 5.73 Å². The molecule has 0 aliphatic carbocycles. The Bertz CT molecular complexity index is 323. The maximum absolute atomic E-state index is 11.5. The Hall–Kier alpha value is -1.35. The van der Waals surface area contributed by atoms with Gasteiger partial charge >= 0.3 is 5.97 Å². The molecule has 1 rings (SSSR count). The lowest BCUT2D eigenvalue weighted by Crippen LogP contribution is -2.26. The molecule has 14 heavy (non-hydrogen) atoms. The Morgan fingerprint density at radius 3 is 2.71 bits per heavy atom. The smallest absolute Gasteiger partial charge is 0.339 e. The first-order chi connectivity index (χ1) is 6.65. The third kappa shape index (κ3) is 2.57. The predicted octanol–water partition coefficient (Wildman–Crippen LogP) is 1.85.